The number of methoxy groups -OCH3 is 2. The number of ketones is 1. The van der Waals surface area contributed by atoms with Crippen LogP contribution in [0.3, 0.4) is 0 Å². The van der Waals surface area contributed by atoms with Gasteiger partial charge in [-0.3, -0.25) is 4.79 Å². The van der Waals surface area contributed by atoms with Crippen LogP contribution in [0.15, 0.2) is 72.8 Å². The zero-order valence-corrected chi connectivity index (χ0v) is 22.1. The third-order valence-electron chi connectivity index (χ3n) is 6.25. The fraction of sp³-hybridized carbons (Fsp3) is 0.310. The van der Waals surface area contributed by atoms with Crippen molar-refractivity contribution in [1.82, 2.24) is 10.2 Å². The minimum absolute atomic E-state index is 0.0772. The minimum atomic E-state index is -0.254. The Balaban J connectivity index is 1.46. The van der Waals surface area contributed by atoms with E-state index in [1.807, 2.05) is 36.4 Å². The van der Waals surface area contributed by atoms with Gasteiger partial charge in [-0.2, -0.15) is 0 Å². The number of nitrogens with one attached hydrogen (secondary N) is 1. The van der Waals surface area contributed by atoms with Gasteiger partial charge in [0, 0.05) is 13.1 Å². The number of morpholine rings is 1. The van der Waals surface area contributed by atoms with Crippen molar-refractivity contribution < 1.29 is 23.7 Å². The van der Waals surface area contributed by atoms with E-state index >= 15 is 0 Å². The number of hydrogen-bond acceptors (Lipinski definition) is 6. The number of nitrogens with zero attached hydrogens (tertiary/aromatic N) is 1. The molecule has 194 valence electrons. The Hall–Kier alpha value is -3.62. The molecule has 1 aliphatic heterocycles. The van der Waals surface area contributed by atoms with E-state index in [9.17, 15) is 4.79 Å². The Morgan fingerprint density at radius 2 is 1.65 bits per heavy atom. The summed E-state index contributed by atoms with van der Waals surface area (Å²) in [5.74, 6) is 1.10. The lowest BCUT2D eigenvalue weighted by Gasteiger charge is -2.36. The highest BCUT2D eigenvalue weighted by atomic mass is 32.1. The summed E-state index contributed by atoms with van der Waals surface area (Å²) in [6.45, 7) is 3.44. The van der Waals surface area contributed by atoms with Crippen LogP contribution >= 0.6 is 12.2 Å². The summed E-state index contributed by atoms with van der Waals surface area (Å²) in [6, 6.07) is 23.8. The van der Waals surface area contributed by atoms with Crippen molar-refractivity contribution in [1.29, 1.82) is 0 Å². The van der Waals surface area contributed by atoms with E-state index in [2.05, 4.69) is 34.5 Å². The molecule has 4 rings (SSSR count). The van der Waals surface area contributed by atoms with Crippen LogP contribution in [-0.4, -0.2) is 62.4 Å². The van der Waals surface area contributed by atoms with E-state index in [1.165, 1.54) is 14.0 Å². The zero-order chi connectivity index (χ0) is 26.2. The second kappa shape index (κ2) is 12.6. The van der Waals surface area contributed by atoms with Gasteiger partial charge in [0.15, 0.2) is 22.4 Å². The number of thiocarbonyl (C=S) groups is 1. The molecule has 0 saturated carbocycles. The van der Waals surface area contributed by atoms with Gasteiger partial charge in [0.25, 0.3) is 0 Å². The van der Waals surface area contributed by atoms with Crippen molar-refractivity contribution in [2.24, 2.45) is 0 Å². The number of carbonyl (C=O) groups is 1. The standard InChI is InChI=1S/C29H32N2O5S/c1-20(32)24-14-15-25(33-2)28(34-3)27(24)36-19-23-18-31(16-17-35-23)29(37)30-26(21-10-6-4-7-11-21)22-12-8-5-9-13-22/h4-15,23,26H,16-19H2,1-3H3,(H,30,37). The molecule has 0 spiro atoms. The molecule has 0 aliphatic carbocycles. The summed E-state index contributed by atoms with van der Waals surface area (Å²) in [7, 11) is 3.07. The predicted octanol–water partition coefficient (Wildman–Crippen LogP) is 4.65. The second-order valence-corrected chi connectivity index (χ2v) is 9.07. The Kier molecular flexibility index (Phi) is 8.98. The smallest absolute Gasteiger partial charge is 0.204 e. The minimum Gasteiger partial charge on any atom is -0.493 e. The number of Topliss-reactive ketones (excluding diaryl/α,β-unsaturated/α-hetero) is 1. The summed E-state index contributed by atoms with van der Waals surface area (Å²) < 4.78 is 23.0. The topological polar surface area (TPSA) is 69.3 Å². The molecular weight excluding hydrogens is 488 g/mol. The molecule has 37 heavy (non-hydrogen) atoms. The third kappa shape index (κ3) is 6.39. The molecule has 3 aromatic rings. The molecular formula is C29H32N2O5S. The van der Waals surface area contributed by atoms with Crippen molar-refractivity contribution in [2.75, 3.05) is 40.5 Å². The van der Waals surface area contributed by atoms with E-state index in [0.717, 1.165) is 11.1 Å². The van der Waals surface area contributed by atoms with Crippen LogP contribution < -0.4 is 19.5 Å². The monoisotopic (exact) mass is 520 g/mol. The van der Waals surface area contributed by atoms with E-state index in [1.54, 1.807) is 19.2 Å². The third-order valence-corrected chi connectivity index (χ3v) is 6.63. The maximum atomic E-state index is 12.2. The number of carbonyl (C=O) groups excluding carboxylic acids is 1. The number of hydrogen-bond donors (Lipinski definition) is 1. The lowest BCUT2D eigenvalue weighted by Crippen LogP contribution is -2.51. The number of rotatable bonds is 9. The van der Waals surface area contributed by atoms with Crippen molar-refractivity contribution in [3.63, 3.8) is 0 Å². The highest BCUT2D eigenvalue weighted by molar-refractivity contribution is 7.80. The first-order valence-electron chi connectivity index (χ1n) is 12.2. The largest absolute Gasteiger partial charge is 0.493 e. The molecule has 7 nitrogen and oxygen atoms in total. The summed E-state index contributed by atoms with van der Waals surface area (Å²) >= 11 is 5.85. The van der Waals surface area contributed by atoms with Crippen LogP contribution in [0.2, 0.25) is 0 Å². The number of ether oxygens (including phenoxy) is 4. The van der Waals surface area contributed by atoms with Crippen LogP contribution in [0.4, 0.5) is 0 Å². The van der Waals surface area contributed by atoms with Gasteiger partial charge >= 0.3 is 0 Å². The summed E-state index contributed by atoms with van der Waals surface area (Å²) in [5.41, 5.74) is 2.69. The molecule has 1 unspecified atom stereocenters. The first-order chi connectivity index (χ1) is 18.0. The predicted molar refractivity (Wildman–Crippen MR) is 147 cm³/mol. The first-order valence-corrected chi connectivity index (χ1v) is 12.6. The molecule has 0 amide bonds. The Labute approximate surface area is 223 Å². The van der Waals surface area contributed by atoms with Crippen LogP contribution in [-0.2, 0) is 4.74 Å². The van der Waals surface area contributed by atoms with Crippen LogP contribution in [0.5, 0.6) is 17.2 Å². The van der Waals surface area contributed by atoms with Gasteiger partial charge in [0.1, 0.15) is 12.7 Å². The average molecular weight is 521 g/mol. The van der Waals surface area contributed by atoms with Crippen molar-refractivity contribution in [3.8, 4) is 17.2 Å². The molecule has 0 radical (unpaired) electrons. The second-order valence-electron chi connectivity index (χ2n) is 8.69. The Bertz CT molecular complexity index is 1170. The molecule has 1 aliphatic rings. The lowest BCUT2D eigenvalue weighted by atomic mass is 9.99. The molecule has 1 atom stereocenters. The van der Waals surface area contributed by atoms with Crippen molar-refractivity contribution in [2.45, 2.75) is 19.1 Å². The molecule has 3 aromatic carbocycles. The van der Waals surface area contributed by atoms with Gasteiger partial charge in [-0.25, -0.2) is 0 Å². The molecule has 8 heteroatoms. The van der Waals surface area contributed by atoms with Gasteiger partial charge in [-0.05, 0) is 42.4 Å². The normalized spacial score (nSPS) is 15.2. The maximum Gasteiger partial charge on any atom is 0.204 e. The summed E-state index contributed by atoms with van der Waals surface area (Å²) in [5, 5.41) is 4.20. The summed E-state index contributed by atoms with van der Waals surface area (Å²) in [6.07, 6.45) is -0.254. The molecule has 1 heterocycles. The molecule has 1 N–H and O–H groups in total. The summed E-state index contributed by atoms with van der Waals surface area (Å²) in [4.78, 5) is 14.3. The number of benzene rings is 3. The maximum absolute atomic E-state index is 12.2. The SMILES string of the molecule is COc1ccc(C(C)=O)c(OCC2CN(C(=S)NC(c3ccccc3)c3ccccc3)CCO2)c1OC. The van der Waals surface area contributed by atoms with E-state index in [0.29, 0.717) is 47.6 Å². The molecule has 1 saturated heterocycles. The fourth-order valence-electron chi connectivity index (χ4n) is 4.36. The highest BCUT2D eigenvalue weighted by Crippen LogP contribution is 2.40. The lowest BCUT2D eigenvalue weighted by molar-refractivity contribution is -0.0293. The van der Waals surface area contributed by atoms with Gasteiger partial charge < -0.3 is 29.2 Å². The molecule has 1 fully saturated rings. The van der Waals surface area contributed by atoms with Gasteiger partial charge in [-0.15, -0.1) is 0 Å². The van der Waals surface area contributed by atoms with Crippen LogP contribution in [0.1, 0.15) is 34.5 Å². The average Bonchev–Trinajstić information content (AvgIpc) is 2.95. The zero-order valence-electron chi connectivity index (χ0n) is 21.3. The first kappa shape index (κ1) is 26.4. The van der Waals surface area contributed by atoms with E-state index in [4.69, 9.17) is 31.2 Å². The van der Waals surface area contributed by atoms with Gasteiger partial charge in [0.2, 0.25) is 5.75 Å². The Morgan fingerprint density at radius 1 is 1.00 bits per heavy atom. The van der Waals surface area contributed by atoms with Crippen LogP contribution in [0, 0.1) is 0 Å². The van der Waals surface area contributed by atoms with Gasteiger partial charge in [-0.1, -0.05) is 60.7 Å². The molecule has 0 bridgehead atoms. The van der Waals surface area contributed by atoms with E-state index in [-0.39, 0.29) is 24.5 Å². The fourth-order valence-corrected chi connectivity index (χ4v) is 4.65. The van der Waals surface area contributed by atoms with Crippen molar-refractivity contribution >= 4 is 23.1 Å². The van der Waals surface area contributed by atoms with Gasteiger partial charge in [0.05, 0.1) is 32.4 Å². The highest BCUT2D eigenvalue weighted by Gasteiger charge is 2.27. The van der Waals surface area contributed by atoms with Crippen molar-refractivity contribution in [3.05, 3.63) is 89.5 Å². The van der Waals surface area contributed by atoms with Crippen LogP contribution in [0.25, 0.3) is 0 Å². The Morgan fingerprint density at radius 3 is 2.22 bits per heavy atom. The molecule has 0 aromatic heterocycles. The quantitative estimate of drug-likeness (QED) is 0.323. The van der Waals surface area contributed by atoms with E-state index < -0.39 is 0 Å².